The van der Waals surface area contributed by atoms with Crippen molar-refractivity contribution in [3.8, 4) is 0 Å². The summed E-state index contributed by atoms with van der Waals surface area (Å²) in [6.07, 6.45) is 2.00. The summed E-state index contributed by atoms with van der Waals surface area (Å²) in [6, 6.07) is 0. The second-order valence-electron chi connectivity index (χ2n) is 4.30. The van der Waals surface area contributed by atoms with Crippen LogP contribution in [0.1, 0.15) is 12.7 Å². The highest BCUT2D eigenvalue weighted by Crippen LogP contribution is 2.10. The van der Waals surface area contributed by atoms with Crippen LogP contribution in [0.15, 0.2) is 6.20 Å². The van der Waals surface area contributed by atoms with E-state index in [2.05, 4.69) is 17.2 Å². The van der Waals surface area contributed by atoms with Crippen LogP contribution < -0.4 is 5.32 Å². The number of imidazole rings is 1. The first-order chi connectivity index (χ1) is 8.16. The van der Waals surface area contributed by atoms with E-state index in [0.717, 1.165) is 18.9 Å². The Balaban J connectivity index is 1.74. The van der Waals surface area contributed by atoms with E-state index >= 15 is 0 Å². The minimum absolute atomic E-state index is 0.120. The minimum atomic E-state index is 0.120. The molecule has 2 atom stereocenters. The van der Waals surface area contributed by atoms with E-state index in [-0.39, 0.29) is 12.2 Å². The van der Waals surface area contributed by atoms with E-state index < -0.39 is 0 Å². The molecule has 6 heteroatoms. The number of hydrogen-bond acceptors (Lipinski definition) is 4. The maximum absolute atomic E-state index is 5.89. The van der Waals surface area contributed by atoms with E-state index in [1.54, 1.807) is 6.20 Å². The second kappa shape index (κ2) is 5.82. The van der Waals surface area contributed by atoms with Crippen molar-refractivity contribution in [2.75, 3.05) is 19.7 Å². The molecule has 0 bridgehead atoms. The van der Waals surface area contributed by atoms with Gasteiger partial charge in [-0.15, -0.1) is 0 Å². The number of halogens is 1. The Morgan fingerprint density at radius 1 is 1.65 bits per heavy atom. The molecule has 0 radical (unpaired) electrons. The highest BCUT2D eigenvalue weighted by Gasteiger charge is 2.18. The van der Waals surface area contributed by atoms with Crippen LogP contribution in [-0.4, -0.2) is 41.5 Å². The van der Waals surface area contributed by atoms with Crippen LogP contribution in [0.5, 0.6) is 0 Å². The average molecular weight is 260 g/mol. The molecule has 0 spiro atoms. The van der Waals surface area contributed by atoms with E-state index in [9.17, 15) is 0 Å². The first-order valence-electron chi connectivity index (χ1n) is 5.77. The number of hydrogen-bond donors (Lipinski definition) is 1. The number of nitrogens with one attached hydrogen (secondary N) is 1. The Morgan fingerprint density at radius 2 is 2.47 bits per heavy atom. The van der Waals surface area contributed by atoms with Gasteiger partial charge >= 0.3 is 0 Å². The summed E-state index contributed by atoms with van der Waals surface area (Å²) in [5, 5.41) is 3.92. The molecule has 96 valence electrons. The molecule has 5 nitrogen and oxygen atoms in total. The summed E-state index contributed by atoms with van der Waals surface area (Å²) < 4.78 is 13.1. The van der Waals surface area contributed by atoms with Crippen LogP contribution in [0.3, 0.4) is 0 Å². The predicted octanol–water partition coefficient (Wildman–Crippen LogP) is 0.967. The molecular weight excluding hydrogens is 242 g/mol. The molecule has 2 unspecified atom stereocenters. The third-order valence-electron chi connectivity index (χ3n) is 2.79. The molecule has 1 aromatic heterocycles. The molecule has 1 N–H and O–H groups in total. The van der Waals surface area contributed by atoms with Crippen LogP contribution in [-0.2, 0) is 23.1 Å². The van der Waals surface area contributed by atoms with E-state index in [4.69, 9.17) is 21.1 Å². The topological polar surface area (TPSA) is 48.3 Å². The van der Waals surface area contributed by atoms with Crippen molar-refractivity contribution < 1.29 is 9.47 Å². The molecule has 1 saturated heterocycles. The van der Waals surface area contributed by atoms with Gasteiger partial charge in [0.15, 0.2) is 0 Å². The van der Waals surface area contributed by atoms with Gasteiger partial charge in [-0.2, -0.15) is 0 Å². The van der Waals surface area contributed by atoms with Crippen LogP contribution in [0.25, 0.3) is 0 Å². The summed E-state index contributed by atoms with van der Waals surface area (Å²) in [5.74, 6) is 0.826. The van der Waals surface area contributed by atoms with Gasteiger partial charge in [0.25, 0.3) is 0 Å². The van der Waals surface area contributed by atoms with Crippen molar-refractivity contribution in [2.45, 2.75) is 25.7 Å². The summed E-state index contributed by atoms with van der Waals surface area (Å²) in [7, 11) is 1.87. The number of morpholine rings is 1. The predicted molar refractivity (Wildman–Crippen MR) is 65.1 cm³/mol. The molecule has 1 aliphatic heterocycles. The Morgan fingerprint density at radius 3 is 3.12 bits per heavy atom. The quantitative estimate of drug-likeness (QED) is 0.875. The summed E-state index contributed by atoms with van der Waals surface area (Å²) in [6.45, 7) is 4.83. The standard InChI is InChI=1S/C11H18ClN3O2/c1-8-3-13-4-9(17-8)6-16-7-11-14-5-10(12)15(11)2/h5,8-9,13H,3-4,6-7H2,1-2H3. The van der Waals surface area contributed by atoms with E-state index in [1.165, 1.54) is 0 Å². The summed E-state index contributed by atoms with van der Waals surface area (Å²) >= 11 is 5.89. The number of nitrogens with zero attached hydrogens (tertiary/aromatic N) is 2. The molecule has 0 aliphatic carbocycles. The lowest BCUT2D eigenvalue weighted by Crippen LogP contribution is -2.45. The van der Waals surface area contributed by atoms with Gasteiger partial charge in [0.05, 0.1) is 25.0 Å². The molecule has 2 heterocycles. The molecule has 1 fully saturated rings. The zero-order chi connectivity index (χ0) is 12.3. The zero-order valence-corrected chi connectivity index (χ0v) is 10.9. The van der Waals surface area contributed by atoms with E-state index in [0.29, 0.717) is 18.4 Å². The molecule has 0 saturated carbocycles. The molecule has 0 aromatic carbocycles. The number of rotatable bonds is 4. The van der Waals surface area contributed by atoms with Crippen molar-refractivity contribution >= 4 is 11.6 Å². The van der Waals surface area contributed by atoms with Crippen LogP contribution >= 0.6 is 11.6 Å². The third kappa shape index (κ3) is 3.42. The number of ether oxygens (including phenoxy) is 2. The van der Waals surface area contributed by atoms with Crippen molar-refractivity contribution in [2.24, 2.45) is 7.05 Å². The van der Waals surface area contributed by atoms with Crippen molar-refractivity contribution in [3.63, 3.8) is 0 Å². The van der Waals surface area contributed by atoms with Gasteiger partial charge in [0.1, 0.15) is 17.6 Å². The van der Waals surface area contributed by atoms with Crippen LogP contribution in [0.4, 0.5) is 0 Å². The van der Waals surface area contributed by atoms with Gasteiger partial charge in [0.2, 0.25) is 0 Å². The fraction of sp³-hybridized carbons (Fsp3) is 0.727. The van der Waals surface area contributed by atoms with Gasteiger partial charge in [-0.3, -0.25) is 0 Å². The van der Waals surface area contributed by atoms with Gasteiger partial charge in [-0.25, -0.2) is 4.98 Å². The monoisotopic (exact) mass is 259 g/mol. The first-order valence-corrected chi connectivity index (χ1v) is 6.14. The SMILES string of the molecule is CC1CNCC(COCc2ncc(Cl)n2C)O1. The second-order valence-corrected chi connectivity index (χ2v) is 4.69. The highest BCUT2D eigenvalue weighted by atomic mass is 35.5. The Kier molecular flexibility index (Phi) is 4.39. The third-order valence-corrected chi connectivity index (χ3v) is 3.14. The smallest absolute Gasteiger partial charge is 0.135 e. The Bertz CT molecular complexity index is 370. The summed E-state index contributed by atoms with van der Waals surface area (Å²) in [4.78, 5) is 4.16. The first kappa shape index (κ1) is 12.8. The minimum Gasteiger partial charge on any atom is -0.371 e. The maximum atomic E-state index is 5.89. The molecule has 1 aliphatic rings. The molecule has 2 rings (SSSR count). The van der Waals surface area contributed by atoms with E-state index in [1.807, 2.05) is 11.6 Å². The number of aromatic nitrogens is 2. The molecule has 1 aromatic rings. The Labute approximate surface area is 106 Å². The Hall–Kier alpha value is -0.620. The normalized spacial score (nSPS) is 25.1. The summed E-state index contributed by atoms with van der Waals surface area (Å²) in [5.41, 5.74) is 0. The van der Waals surface area contributed by atoms with Crippen LogP contribution in [0.2, 0.25) is 5.15 Å². The fourth-order valence-corrected chi connectivity index (χ4v) is 1.96. The van der Waals surface area contributed by atoms with Crippen molar-refractivity contribution in [3.05, 3.63) is 17.2 Å². The lowest BCUT2D eigenvalue weighted by molar-refractivity contribution is -0.0725. The molecule has 17 heavy (non-hydrogen) atoms. The van der Waals surface area contributed by atoms with Gasteiger partial charge in [-0.1, -0.05) is 11.6 Å². The van der Waals surface area contributed by atoms with Crippen LogP contribution in [0, 0.1) is 0 Å². The van der Waals surface area contributed by atoms with Crippen molar-refractivity contribution in [1.82, 2.24) is 14.9 Å². The average Bonchev–Trinajstić information content (AvgIpc) is 2.61. The van der Waals surface area contributed by atoms with Gasteiger partial charge in [-0.05, 0) is 6.92 Å². The molecular formula is C11H18ClN3O2. The maximum Gasteiger partial charge on any atom is 0.135 e. The largest absolute Gasteiger partial charge is 0.371 e. The fourth-order valence-electron chi connectivity index (χ4n) is 1.81. The highest BCUT2D eigenvalue weighted by molar-refractivity contribution is 6.29. The lowest BCUT2D eigenvalue weighted by Gasteiger charge is -2.28. The van der Waals surface area contributed by atoms with Gasteiger partial charge in [0, 0.05) is 20.1 Å². The van der Waals surface area contributed by atoms with Crippen molar-refractivity contribution in [1.29, 1.82) is 0 Å². The zero-order valence-electron chi connectivity index (χ0n) is 10.1. The lowest BCUT2D eigenvalue weighted by atomic mass is 10.2. The van der Waals surface area contributed by atoms with Gasteiger partial charge < -0.3 is 19.4 Å². The molecule has 0 amide bonds.